The molecule has 0 N–H and O–H groups in total. The minimum absolute atomic E-state index is 0.384. The van der Waals surface area contributed by atoms with Crippen molar-refractivity contribution in [3.05, 3.63) is 29.7 Å². The number of morpholine rings is 1. The molecule has 140 valence electrons. The summed E-state index contributed by atoms with van der Waals surface area (Å²) in [5, 5.41) is 9.03. The highest BCUT2D eigenvalue weighted by Gasteiger charge is 2.27. The third-order valence-corrected chi connectivity index (χ3v) is 5.34. The van der Waals surface area contributed by atoms with Crippen molar-refractivity contribution in [3.63, 3.8) is 0 Å². The van der Waals surface area contributed by atoms with Gasteiger partial charge in [0.15, 0.2) is 0 Å². The maximum atomic E-state index is 5.43. The predicted octanol–water partition coefficient (Wildman–Crippen LogP) is 1.13. The van der Waals surface area contributed by atoms with Crippen molar-refractivity contribution in [1.29, 1.82) is 0 Å². The van der Waals surface area contributed by atoms with Crippen LogP contribution in [0.25, 0.3) is 0 Å². The molecule has 26 heavy (non-hydrogen) atoms. The lowest BCUT2D eigenvalue weighted by atomic mass is 9.97. The normalized spacial score (nSPS) is 21.9. The number of hydrogen-bond donors (Lipinski definition) is 0. The summed E-state index contributed by atoms with van der Waals surface area (Å²) >= 11 is 0. The predicted molar refractivity (Wildman–Crippen MR) is 98.1 cm³/mol. The number of anilines is 1. The largest absolute Gasteiger partial charge is 0.379 e. The van der Waals surface area contributed by atoms with Gasteiger partial charge in [-0.1, -0.05) is 0 Å². The first-order valence-corrected chi connectivity index (χ1v) is 9.43. The summed E-state index contributed by atoms with van der Waals surface area (Å²) in [5.41, 5.74) is 0. The Kier molecular flexibility index (Phi) is 5.12. The fourth-order valence-corrected chi connectivity index (χ4v) is 3.84. The summed E-state index contributed by atoms with van der Waals surface area (Å²) in [6.07, 6.45) is 4.12. The van der Waals surface area contributed by atoms with Crippen molar-refractivity contribution in [2.75, 3.05) is 44.3 Å². The maximum Gasteiger partial charge on any atom is 0.146 e. The quantitative estimate of drug-likeness (QED) is 0.812. The van der Waals surface area contributed by atoms with E-state index in [-0.39, 0.29) is 0 Å². The molecule has 0 aromatic carbocycles. The van der Waals surface area contributed by atoms with Gasteiger partial charge in [0.1, 0.15) is 23.3 Å². The van der Waals surface area contributed by atoms with Crippen LogP contribution in [-0.2, 0) is 18.3 Å². The Morgan fingerprint density at radius 3 is 2.85 bits per heavy atom. The van der Waals surface area contributed by atoms with Gasteiger partial charge in [0.2, 0.25) is 0 Å². The van der Waals surface area contributed by atoms with E-state index in [1.807, 2.05) is 19.2 Å². The summed E-state index contributed by atoms with van der Waals surface area (Å²) < 4.78 is 7.62. The molecule has 0 unspecified atom stereocenters. The van der Waals surface area contributed by atoms with Crippen LogP contribution < -0.4 is 4.90 Å². The molecule has 0 bridgehead atoms. The average molecular weight is 357 g/mol. The molecule has 0 spiro atoms. The summed E-state index contributed by atoms with van der Waals surface area (Å²) in [5.74, 6) is 4.34. The van der Waals surface area contributed by atoms with E-state index >= 15 is 0 Å². The van der Waals surface area contributed by atoms with E-state index in [4.69, 9.17) is 4.74 Å². The van der Waals surface area contributed by atoms with Crippen molar-refractivity contribution in [2.45, 2.75) is 32.2 Å². The van der Waals surface area contributed by atoms with Gasteiger partial charge in [-0.25, -0.2) is 9.97 Å². The molecule has 2 aromatic rings. The standard InChI is InChI=1S/C18H27N7O/c1-14-19-6-5-16(20-14)25-7-3-4-15(12-25)18-22-21-17(23(18)2)13-24-8-10-26-11-9-24/h5-6,15H,3-4,7-13H2,1-2H3/t15-/m0/s1. The Labute approximate surface area is 154 Å². The van der Waals surface area contributed by atoms with E-state index in [0.29, 0.717) is 5.92 Å². The molecule has 8 heteroatoms. The first kappa shape index (κ1) is 17.4. The van der Waals surface area contributed by atoms with E-state index < -0.39 is 0 Å². The lowest BCUT2D eigenvalue weighted by Gasteiger charge is -2.33. The van der Waals surface area contributed by atoms with E-state index in [0.717, 1.165) is 82.1 Å². The molecule has 0 amide bonds. The van der Waals surface area contributed by atoms with E-state index in [1.165, 1.54) is 0 Å². The van der Waals surface area contributed by atoms with Crippen molar-refractivity contribution in [3.8, 4) is 0 Å². The number of aromatic nitrogens is 5. The first-order valence-electron chi connectivity index (χ1n) is 9.43. The summed E-state index contributed by atoms with van der Waals surface area (Å²) in [4.78, 5) is 13.5. The molecule has 1 atom stereocenters. The Hall–Kier alpha value is -2.06. The number of rotatable bonds is 4. The SMILES string of the molecule is Cc1nccc(N2CCC[C@H](c3nnc(CN4CCOCC4)n3C)C2)n1. The molecule has 0 saturated carbocycles. The van der Waals surface area contributed by atoms with Crippen LogP contribution in [0, 0.1) is 6.92 Å². The fourth-order valence-electron chi connectivity index (χ4n) is 3.84. The van der Waals surface area contributed by atoms with E-state index in [2.05, 4.69) is 41.6 Å². The monoisotopic (exact) mass is 357 g/mol. The Morgan fingerprint density at radius 1 is 1.19 bits per heavy atom. The maximum absolute atomic E-state index is 5.43. The van der Waals surface area contributed by atoms with Crippen LogP contribution in [0.3, 0.4) is 0 Å². The topological polar surface area (TPSA) is 72.2 Å². The second-order valence-corrected chi connectivity index (χ2v) is 7.17. The van der Waals surface area contributed by atoms with Gasteiger partial charge < -0.3 is 14.2 Å². The minimum Gasteiger partial charge on any atom is -0.379 e. The fraction of sp³-hybridized carbons (Fsp3) is 0.667. The highest BCUT2D eigenvalue weighted by atomic mass is 16.5. The highest BCUT2D eigenvalue weighted by Crippen LogP contribution is 2.28. The molecule has 0 radical (unpaired) electrons. The summed E-state index contributed by atoms with van der Waals surface area (Å²) in [6, 6.07) is 2.00. The van der Waals surface area contributed by atoms with Gasteiger partial charge in [-0.2, -0.15) is 0 Å². The van der Waals surface area contributed by atoms with Crippen molar-refractivity contribution in [1.82, 2.24) is 29.6 Å². The number of nitrogens with zero attached hydrogens (tertiary/aromatic N) is 7. The third-order valence-electron chi connectivity index (χ3n) is 5.34. The molecule has 2 saturated heterocycles. The zero-order valence-corrected chi connectivity index (χ0v) is 15.6. The van der Waals surface area contributed by atoms with Crippen LogP contribution in [0.5, 0.6) is 0 Å². The van der Waals surface area contributed by atoms with Gasteiger partial charge in [0.05, 0.1) is 19.8 Å². The number of piperidine rings is 1. The van der Waals surface area contributed by atoms with Crippen LogP contribution in [0.1, 0.15) is 36.2 Å². The lowest BCUT2D eigenvalue weighted by molar-refractivity contribution is 0.0326. The first-order chi connectivity index (χ1) is 12.7. The molecular weight excluding hydrogens is 330 g/mol. The third kappa shape index (κ3) is 3.71. The van der Waals surface area contributed by atoms with Crippen LogP contribution in [0.15, 0.2) is 12.3 Å². The molecule has 2 aliphatic rings. The molecule has 2 aliphatic heterocycles. The van der Waals surface area contributed by atoms with Gasteiger partial charge in [0.25, 0.3) is 0 Å². The van der Waals surface area contributed by atoms with E-state index in [1.54, 1.807) is 0 Å². The second-order valence-electron chi connectivity index (χ2n) is 7.17. The zero-order chi connectivity index (χ0) is 17.9. The Morgan fingerprint density at radius 2 is 2.04 bits per heavy atom. The minimum atomic E-state index is 0.384. The van der Waals surface area contributed by atoms with Crippen molar-refractivity contribution < 1.29 is 4.74 Å². The van der Waals surface area contributed by atoms with Gasteiger partial charge in [-0.15, -0.1) is 10.2 Å². The Bertz CT molecular complexity index is 741. The van der Waals surface area contributed by atoms with Gasteiger partial charge >= 0.3 is 0 Å². The Balaban J connectivity index is 1.46. The molecule has 8 nitrogen and oxygen atoms in total. The van der Waals surface area contributed by atoms with Crippen molar-refractivity contribution >= 4 is 5.82 Å². The van der Waals surface area contributed by atoms with Crippen LogP contribution in [-0.4, -0.2) is 69.0 Å². The van der Waals surface area contributed by atoms with Gasteiger partial charge in [-0.05, 0) is 25.8 Å². The van der Waals surface area contributed by atoms with E-state index in [9.17, 15) is 0 Å². The molecule has 2 fully saturated rings. The van der Waals surface area contributed by atoms with Gasteiger partial charge in [0, 0.05) is 45.3 Å². The van der Waals surface area contributed by atoms with Crippen molar-refractivity contribution in [2.24, 2.45) is 7.05 Å². The van der Waals surface area contributed by atoms with Crippen LogP contribution in [0.2, 0.25) is 0 Å². The second kappa shape index (κ2) is 7.67. The smallest absolute Gasteiger partial charge is 0.146 e. The summed E-state index contributed by atoms with van der Waals surface area (Å²) in [7, 11) is 2.10. The average Bonchev–Trinajstić information content (AvgIpc) is 3.03. The highest BCUT2D eigenvalue weighted by molar-refractivity contribution is 5.38. The van der Waals surface area contributed by atoms with Crippen LogP contribution in [0.4, 0.5) is 5.82 Å². The molecule has 4 heterocycles. The van der Waals surface area contributed by atoms with Gasteiger partial charge in [-0.3, -0.25) is 4.90 Å². The summed E-state index contributed by atoms with van der Waals surface area (Å²) in [6.45, 7) is 8.28. The molecular formula is C18H27N7O. The van der Waals surface area contributed by atoms with Crippen LogP contribution >= 0.6 is 0 Å². The number of hydrogen-bond acceptors (Lipinski definition) is 7. The molecule has 4 rings (SSSR count). The molecule has 0 aliphatic carbocycles. The number of aryl methyl sites for hydroxylation is 1. The molecule has 2 aromatic heterocycles. The zero-order valence-electron chi connectivity index (χ0n) is 15.6. The number of ether oxygens (including phenoxy) is 1. The lowest BCUT2D eigenvalue weighted by Crippen LogP contribution is -2.37.